The molecule has 1 N–H and O–H groups in total. The molecular weight excluding hydrogens is 376 g/mol. The molecule has 4 rings (SSSR count). The lowest BCUT2D eigenvalue weighted by Gasteiger charge is -2.32. The van der Waals surface area contributed by atoms with Crippen molar-refractivity contribution in [2.24, 2.45) is 5.92 Å². The summed E-state index contributed by atoms with van der Waals surface area (Å²) in [4.78, 5) is 17.3. The first kappa shape index (κ1) is 20.4. The largest absolute Gasteiger partial charge is 0.338 e. The van der Waals surface area contributed by atoms with Gasteiger partial charge in [-0.05, 0) is 66.9 Å². The minimum Gasteiger partial charge on any atom is -0.338 e. The van der Waals surface area contributed by atoms with E-state index in [0.29, 0.717) is 5.92 Å². The van der Waals surface area contributed by atoms with Gasteiger partial charge in [0.1, 0.15) is 0 Å². The van der Waals surface area contributed by atoms with Crippen LogP contribution in [-0.4, -0.2) is 37.5 Å². The average Bonchev–Trinajstić information content (AvgIpc) is 3.05. The summed E-state index contributed by atoms with van der Waals surface area (Å²) in [5.41, 5.74) is 4.18. The highest BCUT2D eigenvalue weighted by atomic mass is 35.5. The molecular formula is C22H29ClN2OS. The molecule has 1 amide bonds. The van der Waals surface area contributed by atoms with E-state index in [4.69, 9.17) is 0 Å². The molecule has 5 heteroatoms. The Morgan fingerprint density at radius 1 is 1.26 bits per heavy atom. The molecule has 1 aromatic heterocycles. The van der Waals surface area contributed by atoms with Gasteiger partial charge in [-0.15, -0.1) is 23.7 Å². The fourth-order valence-electron chi connectivity index (χ4n) is 4.52. The molecule has 1 saturated heterocycles. The van der Waals surface area contributed by atoms with Crippen LogP contribution >= 0.6 is 23.7 Å². The van der Waals surface area contributed by atoms with Crippen molar-refractivity contribution >= 4 is 29.7 Å². The Hall–Kier alpha value is -1.36. The molecule has 2 aromatic rings. The van der Waals surface area contributed by atoms with Crippen LogP contribution in [0.3, 0.4) is 0 Å². The third-order valence-corrected chi connectivity index (χ3v) is 7.15. The first-order valence-electron chi connectivity index (χ1n) is 9.66. The SMILES string of the molecule is CNCC1CCN(C(=O)c2cc3c(s2)-c2ccccc2C(C)(C)C3)CC1.Cl. The molecule has 0 atom stereocenters. The molecule has 0 spiro atoms. The van der Waals surface area contributed by atoms with Crippen LogP contribution in [0.25, 0.3) is 10.4 Å². The second kappa shape index (κ2) is 7.94. The van der Waals surface area contributed by atoms with Crippen LogP contribution in [0.5, 0.6) is 0 Å². The maximum absolute atomic E-state index is 13.1. The number of rotatable bonds is 3. The van der Waals surface area contributed by atoms with Crippen LogP contribution in [0.2, 0.25) is 0 Å². The van der Waals surface area contributed by atoms with Gasteiger partial charge in [0.05, 0.1) is 4.88 Å². The normalized spacial score (nSPS) is 18.4. The Labute approximate surface area is 172 Å². The zero-order chi connectivity index (χ0) is 18.3. The highest BCUT2D eigenvalue weighted by molar-refractivity contribution is 7.17. The number of amides is 1. The smallest absolute Gasteiger partial charge is 0.263 e. The van der Waals surface area contributed by atoms with E-state index < -0.39 is 0 Å². The maximum Gasteiger partial charge on any atom is 0.263 e. The number of nitrogens with zero attached hydrogens (tertiary/aromatic N) is 1. The quantitative estimate of drug-likeness (QED) is 0.801. The van der Waals surface area contributed by atoms with E-state index in [1.165, 1.54) is 21.6 Å². The van der Waals surface area contributed by atoms with Gasteiger partial charge in [0.15, 0.2) is 0 Å². The number of fused-ring (bicyclic) bond motifs is 3. The monoisotopic (exact) mass is 404 g/mol. The lowest BCUT2D eigenvalue weighted by Crippen LogP contribution is -2.40. The number of piperidine rings is 1. The van der Waals surface area contributed by atoms with Crippen molar-refractivity contribution in [3.8, 4) is 10.4 Å². The number of nitrogens with one attached hydrogen (secondary N) is 1. The molecule has 0 radical (unpaired) electrons. The van der Waals surface area contributed by atoms with Crippen LogP contribution in [0, 0.1) is 5.92 Å². The summed E-state index contributed by atoms with van der Waals surface area (Å²) in [6.07, 6.45) is 3.22. The molecule has 1 aromatic carbocycles. The molecule has 0 saturated carbocycles. The van der Waals surface area contributed by atoms with E-state index in [1.807, 2.05) is 7.05 Å². The van der Waals surface area contributed by atoms with Gasteiger partial charge in [-0.1, -0.05) is 38.1 Å². The van der Waals surface area contributed by atoms with Gasteiger partial charge in [0.25, 0.3) is 5.91 Å². The van der Waals surface area contributed by atoms with E-state index in [0.717, 1.165) is 43.8 Å². The Morgan fingerprint density at radius 2 is 1.96 bits per heavy atom. The Balaban J connectivity index is 0.00000210. The van der Waals surface area contributed by atoms with Crippen molar-refractivity contribution in [1.29, 1.82) is 0 Å². The van der Waals surface area contributed by atoms with E-state index in [2.05, 4.69) is 54.4 Å². The van der Waals surface area contributed by atoms with Crippen LogP contribution < -0.4 is 5.32 Å². The van der Waals surface area contributed by atoms with Crippen molar-refractivity contribution in [2.75, 3.05) is 26.7 Å². The van der Waals surface area contributed by atoms with Gasteiger partial charge in [0.2, 0.25) is 0 Å². The third-order valence-electron chi connectivity index (χ3n) is 5.95. The van der Waals surface area contributed by atoms with Gasteiger partial charge >= 0.3 is 0 Å². The number of benzene rings is 1. The molecule has 3 nitrogen and oxygen atoms in total. The summed E-state index contributed by atoms with van der Waals surface area (Å²) >= 11 is 1.69. The number of hydrogen-bond donors (Lipinski definition) is 1. The second-order valence-corrected chi connectivity index (χ2v) is 9.42. The Kier molecular flexibility index (Phi) is 5.99. The molecule has 146 valence electrons. The molecule has 1 fully saturated rings. The first-order valence-corrected chi connectivity index (χ1v) is 10.5. The molecule has 1 aliphatic heterocycles. The summed E-state index contributed by atoms with van der Waals surface area (Å²) in [7, 11) is 2.01. The predicted molar refractivity (Wildman–Crippen MR) is 116 cm³/mol. The minimum absolute atomic E-state index is 0. The van der Waals surface area contributed by atoms with Crippen molar-refractivity contribution in [2.45, 2.75) is 38.5 Å². The van der Waals surface area contributed by atoms with E-state index >= 15 is 0 Å². The first-order chi connectivity index (χ1) is 12.5. The fraction of sp³-hybridized carbons (Fsp3) is 0.500. The third kappa shape index (κ3) is 3.80. The van der Waals surface area contributed by atoms with Crippen molar-refractivity contribution in [3.05, 3.63) is 46.3 Å². The number of halogens is 1. The van der Waals surface area contributed by atoms with Crippen molar-refractivity contribution in [1.82, 2.24) is 10.2 Å². The molecule has 0 unspecified atom stereocenters. The second-order valence-electron chi connectivity index (χ2n) is 8.36. The van der Waals surface area contributed by atoms with Crippen LogP contribution in [-0.2, 0) is 11.8 Å². The number of thiophene rings is 1. The van der Waals surface area contributed by atoms with E-state index in [-0.39, 0.29) is 23.7 Å². The average molecular weight is 405 g/mol. The van der Waals surface area contributed by atoms with Crippen molar-refractivity contribution < 1.29 is 4.79 Å². The van der Waals surface area contributed by atoms with Crippen molar-refractivity contribution in [3.63, 3.8) is 0 Å². The number of carbonyl (C=O) groups is 1. The molecule has 0 bridgehead atoms. The Morgan fingerprint density at radius 3 is 2.67 bits per heavy atom. The topological polar surface area (TPSA) is 32.3 Å². The molecule has 27 heavy (non-hydrogen) atoms. The lowest BCUT2D eigenvalue weighted by molar-refractivity contribution is 0.0695. The van der Waals surface area contributed by atoms with Crippen LogP contribution in [0.1, 0.15) is 47.5 Å². The highest BCUT2D eigenvalue weighted by Gasteiger charge is 2.33. The van der Waals surface area contributed by atoms with Gasteiger partial charge in [-0.3, -0.25) is 4.79 Å². The zero-order valence-corrected chi connectivity index (χ0v) is 18.0. The van der Waals surface area contributed by atoms with E-state index in [1.54, 1.807) is 11.3 Å². The highest BCUT2D eigenvalue weighted by Crippen LogP contribution is 2.46. The molecule has 2 heterocycles. The van der Waals surface area contributed by atoms with Crippen LogP contribution in [0.4, 0.5) is 0 Å². The number of likely N-dealkylation sites (tertiary alicyclic amines) is 1. The van der Waals surface area contributed by atoms with E-state index in [9.17, 15) is 4.79 Å². The molecule has 1 aliphatic carbocycles. The number of hydrogen-bond acceptors (Lipinski definition) is 3. The lowest BCUT2D eigenvalue weighted by atomic mass is 9.73. The van der Waals surface area contributed by atoms with Crippen LogP contribution in [0.15, 0.2) is 30.3 Å². The summed E-state index contributed by atoms with van der Waals surface area (Å²) in [5, 5.41) is 3.26. The minimum atomic E-state index is 0. The zero-order valence-electron chi connectivity index (χ0n) is 16.4. The summed E-state index contributed by atoms with van der Waals surface area (Å²) in [5.74, 6) is 0.927. The summed E-state index contributed by atoms with van der Waals surface area (Å²) < 4.78 is 0. The maximum atomic E-state index is 13.1. The molecule has 2 aliphatic rings. The fourth-order valence-corrected chi connectivity index (χ4v) is 5.71. The van der Waals surface area contributed by atoms with Gasteiger partial charge < -0.3 is 10.2 Å². The summed E-state index contributed by atoms with van der Waals surface area (Å²) in [6, 6.07) is 10.9. The van der Waals surface area contributed by atoms with Gasteiger partial charge in [-0.25, -0.2) is 0 Å². The van der Waals surface area contributed by atoms with Gasteiger partial charge in [-0.2, -0.15) is 0 Å². The van der Waals surface area contributed by atoms with Gasteiger partial charge in [0, 0.05) is 18.0 Å². The standard InChI is InChI=1S/C22H28N2OS.ClH/c1-22(2)13-16-12-19(26-20(16)17-6-4-5-7-18(17)22)21(25)24-10-8-15(9-11-24)14-23-3;/h4-7,12,15,23H,8-11,13-14H2,1-3H3;1H. The number of carbonyl (C=O) groups excluding carboxylic acids is 1. The Bertz CT molecular complexity index is 821. The summed E-state index contributed by atoms with van der Waals surface area (Å²) in [6.45, 7) is 7.44. The predicted octanol–water partition coefficient (Wildman–Crippen LogP) is 4.74.